The van der Waals surface area contributed by atoms with Crippen LogP contribution >= 0.6 is 0 Å². The van der Waals surface area contributed by atoms with Crippen LogP contribution in [0.5, 0.6) is 0 Å². The van der Waals surface area contributed by atoms with Crippen LogP contribution in [0.15, 0.2) is 47.9 Å². The largest absolute Gasteiger partial charge is 0.368 e. The number of nitrogens with zero attached hydrogens (tertiary/aromatic N) is 6. The number of hydrogen-bond acceptors (Lipinski definition) is 8. The Morgan fingerprint density at radius 3 is 2.79 bits per heavy atom. The van der Waals surface area contributed by atoms with Gasteiger partial charge in [-0.05, 0) is 42.5 Å². The Hall–Kier alpha value is -4.08. The monoisotopic (exact) mass is 517 g/mol. The number of anilines is 1. The molecule has 1 aliphatic rings. The second kappa shape index (κ2) is 11.1. The second-order valence-corrected chi connectivity index (χ2v) is 10.8. The Morgan fingerprint density at radius 2 is 2.11 bits per heavy atom. The molecular formula is C28H35N7O3. The highest BCUT2D eigenvalue weighted by molar-refractivity contribution is 5.90. The van der Waals surface area contributed by atoms with Crippen LogP contribution in [0.3, 0.4) is 0 Å². The summed E-state index contributed by atoms with van der Waals surface area (Å²) in [6.45, 7) is 14.1. The van der Waals surface area contributed by atoms with E-state index in [1.54, 1.807) is 11.2 Å². The van der Waals surface area contributed by atoms with Gasteiger partial charge in [-0.25, -0.2) is 9.97 Å². The summed E-state index contributed by atoms with van der Waals surface area (Å²) in [5, 5.41) is 6.69. The molecule has 0 radical (unpaired) electrons. The summed E-state index contributed by atoms with van der Waals surface area (Å²) in [4.78, 5) is 41.5. The molecule has 10 nitrogen and oxygen atoms in total. The van der Waals surface area contributed by atoms with Crippen LogP contribution in [0.25, 0.3) is 11.3 Å². The molecule has 1 saturated heterocycles. The standard InChI is InChI=1S/C28H35N7O3/c1-7-23(36)34(6)15-19-10-11-35(16-19)22-14-29-17-31-24(22)20-8-9-21(18(2)12-20)13-30-26(37)25-32-27(38-33-25)28(3,4)5/h7-9,12,14,17,19H,1,10-11,13,15-16H2,2-6H3,(H,30,37). The maximum atomic E-state index is 12.6. The van der Waals surface area contributed by atoms with Crippen LogP contribution in [0.4, 0.5) is 5.69 Å². The first-order valence-corrected chi connectivity index (χ1v) is 12.7. The lowest BCUT2D eigenvalue weighted by Crippen LogP contribution is -2.32. The van der Waals surface area contributed by atoms with Crippen LogP contribution < -0.4 is 10.2 Å². The van der Waals surface area contributed by atoms with Crippen molar-refractivity contribution in [1.29, 1.82) is 0 Å². The second-order valence-electron chi connectivity index (χ2n) is 10.8. The van der Waals surface area contributed by atoms with E-state index < -0.39 is 0 Å². The summed E-state index contributed by atoms with van der Waals surface area (Å²) in [5.41, 5.74) is 4.49. The fourth-order valence-electron chi connectivity index (χ4n) is 4.53. The third-order valence-electron chi connectivity index (χ3n) is 6.73. The number of hydrogen-bond donors (Lipinski definition) is 1. The normalized spacial score (nSPS) is 15.4. The van der Waals surface area contributed by atoms with Crippen molar-refractivity contribution in [2.45, 2.75) is 46.1 Å². The summed E-state index contributed by atoms with van der Waals surface area (Å²) < 4.78 is 5.23. The van der Waals surface area contributed by atoms with Crippen molar-refractivity contribution in [1.82, 2.24) is 30.3 Å². The van der Waals surface area contributed by atoms with E-state index in [1.807, 2.05) is 53.1 Å². The number of rotatable bonds is 8. The highest BCUT2D eigenvalue weighted by atomic mass is 16.5. The van der Waals surface area contributed by atoms with Crippen molar-refractivity contribution in [2.75, 3.05) is 31.6 Å². The first-order chi connectivity index (χ1) is 18.1. The van der Waals surface area contributed by atoms with E-state index in [0.717, 1.165) is 47.6 Å². The maximum Gasteiger partial charge on any atom is 0.292 e. The molecule has 1 N–H and O–H groups in total. The number of benzene rings is 1. The molecule has 2 amide bonds. The number of likely N-dealkylation sites (N-methyl/N-ethyl adjacent to an activating group) is 1. The molecule has 38 heavy (non-hydrogen) atoms. The van der Waals surface area contributed by atoms with Gasteiger partial charge in [-0.2, -0.15) is 4.98 Å². The molecule has 1 atom stereocenters. The smallest absolute Gasteiger partial charge is 0.292 e. The van der Waals surface area contributed by atoms with Gasteiger partial charge in [0.15, 0.2) is 0 Å². The Kier molecular flexibility index (Phi) is 7.89. The van der Waals surface area contributed by atoms with Crippen molar-refractivity contribution in [3.63, 3.8) is 0 Å². The highest BCUT2D eigenvalue weighted by Gasteiger charge is 2.27. The van der Waals surface area contributed by atoms with Gasteiger partial charge in [0.05, 0.1) is 17.6 Å². The first-order valence-electron chi connectivity index (χ1n) is 12.7. The first kappa shape index (κ1) is 27.0. The molecule has 0 aliphatic carbocycles. The van der Waals surface area contributed by atoms with Crippen LogP contribution in [0, 0.1) is 12.8 Å². The van der Waals surface area contributed by atoms with E-state index in [2.05, 4.69) is 43.0 Å². The van der Waals surface area contributed by atoms with Gasteiger partial charge in [0, 0.05) is 44.2 Å². The fourth-order valence-corrected chi connectivity index (χ4v) is 4.53. The molecule has 0 spiro atoms. The zero-order valence-electron chi connectivity index (χ0n) is 22.7. The summed E-state index contributed by atoms with van der Waals surface area (Å²) in [6, 6.07) is 6.08. The molecule has 200 valence electrons. The molecule has 0 bridgehead atoms. The highest BCUT2D eigenvalue weighted by Crippen LogP contribution is 2.33. The van der Waals surface area contributed by atoms with Crippen LogP contribution in [-0.4, -0.2) is 63.5 Å². The Balaban J connectivity index is 1.44. The van der Waals surface area contributed by atoms with Gasteiger partial charge >= 0.3 is 0 Å². The van der Waals surface area contributed by atoms with E-state index in [9.17, 15) is 9.59 Å². The molecule has 1 fully saturated rings. The van der Waals surface area contributed by atoms with Gasteiger partial charge in [0.25, 0.3) is 11.7 Å². The number of carbonyl (C=O) groups excluding carboxylic acids is 2. The van der Waals surface area contributed by atoms with E-state index in [4.69, 9.17) is 4.52 Å². The number of carbonyl (C=O) groups is 2. The molecule has 3 aromatic rings. The third-order valence-corrected chi connectivity index (χ3v) is 6.73. The van der Waals surface area contributed by atoms with Gasteiger partial charge in [-0.1, -0.05) is 44.6 Å². The number of aromatic nitrogens is 4. The van der Waals surface area contributed by atoms with Crippen molar-refractivity contribution in [3.05, 3.63) is 66.2 Å². The van der Waals surface area contributed by atoms with Crippen molar-refractivity contribution in [3.8, 4) is 11.3 Å². The molecule has 1 aliphatic heterocycles. The number of aryl methyl sites for hydroxylation is 1. The summed E-state index contributed by atoms with van der Waals surface area (Å²) >= 11 is 0. The van der Waals surface area contributed by atoms with E-state index >= 15 is 0 Å². The number of nitrogens with one attached hydrogen (secondary N) is 1. The van der Waals surface area contributed by atoms with Gasteiger partial charge in [-0.3, -0.25) is 9.59 Å². The molecule has 1 unspecified atom stereocenters. The Labute approximate surface area is 223 Å². The fraction of sp³-hybridized carbons (Fsp3) is 0.429. The topological polar surface area (TPSA) is 117 Å². The molecule has 2 aromatic heterocycles. The molecule has 1 aromatic carbocycles. The van der Waals surface area contributed by atoms with E-state index in [0.29, 0.717) is 24.9 Å². The molecular weight excluding hydrogens is 482 g/mol. The van der Waals surface area contributed by atoms with Crippen LogP contribution in [0.1, 0.15) is 54.8 Å². The molecule has 3 heterocycles. The van der Waals surface area contributed by atoms with Crippen LogP contribution in [-0.2, 0) is 16.8 Å². The Morgan fingerprint density at radius 1 is 1.32 bits per heavy atom. The van der Waals surface area contributed by atoms with Crippen molar-refractivity contribution in [2.24, 2.45) is 5.92 Å². The molecule has 10 heteroatoms. The minimum Gasteiger partial charge on any atom is -0.368 e. The van der Waals surface area contributed by atoms with E-state index in [1.165, 1.54) is 6.08 Å². The zero-order valence-corrected chi connectivity index (χ0v) is 22.7. The SMILES string of the molecule is C=CC(=O)N(C)CC1CCN(c2cncnc2-c2ccc(CNC(=O)c3noc(C(C)(C)C)n3)c(C)c2)C1. The van der Waals surface area contributed by atoms with Crippen molar-refractivity contribution >= 4 is 17.5 Å². The summed E-state index contributed by atoms with van der Waals surface area (Å²) in [6.07, 6.45) is 5.74. The van der Waals surface area contributed by atoms with E-state index in [-0.39, 0.29) is 23.1 Å². The minimum atomic E-state index is -0.380. The van der Waals surface area contributed by atoms with Crippen LogP contribution in [0.2, 0.25) is 0 Å². The average Bonchev–Trinajstić information content (AvgIpc) is 3.57. The van der Waals surface area contributed by atoms with Gasteiger partial charge < -0.3 is 19.6 Å². The lowest BCUT2D eigenvalue weighted by atomic mass is 9.97. The lowest BCUT2D eigenvalue weighted by Gasteiger charge is -2.23. The maximum absolute atomic E-state index is 12.6. The molecule has 4 rings (SSSR count). The quantitative estimate of drug-likeness (QED) is 0.451. The molecule has 0 saturated carbocycles. The predicted octanol–water partition coefficient (Wildman–Crippen LogP) is 3.53. The lowest BCUT2D eigenvalue weighted by molar-refractivity contribution is -0.125. The summed E-state index contributed by atoms with van der Waals surface area (Å²) in [7, 11) is 1.81. The van der Waals surface area contributed by atoms with Gasteiger partial charge in [-0.15, -0.1) is 0 Å². The van der Waals surface area contributed by atoms with Crippen molar-refractivity contribution < 1.29 is 14.1 Å². The Bertz CT molecular complexity index is 1330. The van der Waals surface area contributed by atoms with Gasteiger partial charge in [0.1, 0.15) is 6.33 Å². The number of amides is 2. The third kappa shape index (κ3) is 6.07. The predicted molar refractivity (Wildman–Crippen MR) is 145 cm³/mol. The summed E-state index contributed by atoms with van der Waals surface area (Å²) in [5.74, 6) is 0.369. The minimum absolute atomic E-state index is 0.0267. The average molecular weight is 518 g/mol. The van der Waals surface area contributed by atoms with Gasteiger partial charge in [0.2, 0.25) is 11.8 Å². The zero-order chi connectivity index (χ0) is 27.4.